The van der Waals surface area contributed by atoms with Gasteiger partial charge in [0.05, 0.1) is 5.52 Å². The molecule has 0 aliphatic heterocycles. The van der Waals surface area contributed by atoms with Gasteiger partial charge in [0.1, 0.15) is 0 Å². The monoisotopic (exact) mass is 283 g/mol. The molecular formula is C16H17N3S. The number of imidazole rings is 1. The van der Waals surface area contributed by atoms with Crippen LogP contribution >= 0.6 is 12.2 Å². The SMILES string of the molecule is CCCc1ccc(-n2c(=S)[nH]c3cc(C)cnc32)cc1. The molecule has 0 fully saturated rings. The van der Waals surface area contributed by atoms with Crippen LogP contribution in [0.5, 0.6) is 0 Å². The van der Waals surface area contributed by atoms with E-state index in [2.05, 4.69) is 47.2 Å². The first-order valence-electron chi connectivity index (χ1n) is 6.85. The van der Waals surface area contributed by atoms with Crippen molar-refractivity contribution in [2.24, 2.45) is 0 Å². The number of hydrogen-bond donors (Lipinski definition) is 1. The summed E-state index contributed by atoms with van der Waals surface area (Å²) in [5, 5.41) is 0. The van der Waals surface area contributed by atoms with E-state index in [9.17, 15) is 0 Å². The molecule has 20 heavy (non-hydrogen) atoms. The first-order valence-corrected chi connectivity index (χ1v) is 7.26. The molecule has 0 amide bonds. The highest BCUT2D eigenvalue weighted by molar-refractivity contribution is 7.71. The van der Waals surface area contributed by atoms with Crippen molar-refractivity contribution in [3.8, 4) is 5.69 Å². The number of aryl methyl sites for hydroxylation is 2. The largest absolute Gasteiger partial charge is 0.329 e. The van der Waals surface area contributed by atoms with Gasteiger partial charge in [-0.25, -0.2) is 4.98 Å². The Hall–Kier alpha value is -1.94. The van der Waals surface area contributed by atoms with Crippen molar-refractivity contribution in [3.05, 3.63) is 52.4 Å². The van der Waals surface area contributed by atoms with Gasteiger partial charge < -0.3 is 4.98 Å². The lowest BCUT2D eigenvalue weighted by Gasteiger charge is -2.05. The van der Waals surface area contributed by atoms with Crippen LogP contribution in [0.1, 0.15) is 24.5 Å². The molecule has 0 aliphatic carbocycles. The predicted octanol–water partition coefficient (Wildman–Crippen LogP) is 4.34. The maximum absolute atomic E-state index is 5.43. The molecule has 0 bridgehead atoms. The number of rotatable bonds is 3. The van der Waals surface area contributed by atoms with Crippen molar-refractivity contribution in [1.29, 1.82) is 0 Å². The van der Waals surface area contributed by atoms with E-state index in [4.69, 9.17) is 12.2 Å². The second kappa shape index (κ2) is 5.21. The van der Waals surface area contributed by atoms with Crippen molar-refractivity contribution < 1.29 is 0 Å². The highest BCUT2D eigenvalue weighted by Gasteiger charge is 2.07. The summed E-state index contributed by atoms with van der Waals surface area (Å²) in [6.45, 7) is 4.22. The maximum atomic E-state index is 5.43. The third kappa shape index (κ3) is 2.27. The summed E-state index contributed by atoms with van der Waals surface area (Å²) in [4.78, 5) is 7.72. The zero-order chi connectivity index (χ0) is 14.1. The van der Waals surface area contributed by atoms with Gasteiger partial charge in [-0.2, -0.15) is 0 Å². The van der Waals surface area contributed by atoms with Crippen LogP contribution in [0.15, 0.2) is 36.5 Å². The molecule has 1 aromatic carbocycles. The minimum atomic E-state index is 0.682. The lowest BCUT2D eigenvalue weighted by molar-refractivity contribution is 0.919. The van der Waals surface area contributed by atoms with Gasteiger partial charge in [0.15, 0.2) is 10.4 Å². The van der Waals surface area contributed by atoms with Crippen LogP contribution in [0.2, 0.25) is 0 Å². The number of benzene rings is 1. The number of nitrogens with one attached hydrogen (secondary N) is 1. The van der Waals surface area contributed by atoms with Crippen LogP contribution in [0, 0.1) is 11.7 Å². The predicted molar refractivity (Wildman–Crippen MR) is 85.0 cm³/mol. The molecule has 0 aliphatic rings. The molecular weight excluding hydrogens is 266 g/mol. The summed E-state index contributed by atoms with van der Waals surface area (Å²) >= 11 is 5.43. The molecule has 3 nitrogen and oxygen atoms in total. The fourth-order valence-corrected chi connectivity index (χ4v) is 2.74. The Morgan fingerprint density at radius 2 is 2.00 bits per heavy atom. The van der Waals surface area contributed by atoms with Crippen molar-refractivity contribution >= 4 is 23.4 Å². The molecule has 0 saturated carbocycles. The molecule has 0 spiro atoms. The number of aromatic amines is 1. The number of nitrogens with zero attached hydrogens (tertiary/aromatic N) is 2. The topological polar surface area (TPSA) is 33.6 Å². The lowest BCUT2D eigenvalue weighted by Crippen LogP contribution is -1.96. The van der Waals surface area contributed by atoms with E-state index in [-0.39, 0.29) is 0 Å². The minimum absolute atomic E-state index is 0.682. The molecule has 4 heteroatoms. The summed E-state index contributed by atoms with van der Waals surface area (Å²) in [5.41, 5.74) is 5.39. The molecule has 0 radical (unpaired) electrons. The summed E-state index contributed by atoms with van der Waals surface area (Å²) < 4.78 is 2.67. The van der Waals surface area contributed by atoms with Crippen LogP contribution in [-0.4, -0.2) is 14.5 Å². The summed E-state index contributed by atoms with van der Waals surface area (Å²) in [5.74, 6) is 0. The molecule has 2 aromatic heterocycles. The van der Waals surface area contributed by atoms with Crippen LogP contribution < -0.4 is 0 Å². The maximum Gasteiger partial charge on any atom is 0.183 e. The summed E-state index contributed by atoms with van der Waals surface area (Å²) in [6, 6.07) is 10.6. The van der Waals surface area contributed by atoms with Crippen molar-refractivity contribution in [1.82, 2.24) is 14.5 Å². The van der Waals surface area contributed by atoms with Crippen LogP contribution in [-0.2, 0) is 6.42 Å². The van der Waals surface area contributed by atoms with E-state index in [1.165, 1.54) is 5.56 Å². The Balaban J connectivity index is 2.14. The van der Waals surface area contributed by atoms with Gasteiger partial charge in [0.25, 0.3) is 0 Å². The normalized spacial score (nSPS) is 11.1. The van der Waals surface area contributed by atoms with Gasteiger partial charge in [-0.1, -0.05) is 25.5 Å². The van der Waals surface area contributed by atoms with Crippen LogP contribution in [0.25, 0.3) is 16.9 Å². The first-order chi connectivity index (χ1) is 9.69. The number of aromatic nitrogens is 3. The van der Waals surface area contributed by atoms with Gasteiger partial charge in [0.2, 0.25) is 0 Å². The van der Waals surface area contributed by atoms with Gasteiger partial charge >= 0.3 is 0 Å². The Labute approximate surface area is 123 Å². The Morgan fingerprint density at radius 3 is 2.70 bits per heavy atom. The molecule has 2 heterocycles. The smallest absolute Gasteiger partial charge is 0.183 e. The Kier molecular flexibility index (Phi) is 3.40. The number of hydrogen-bond acceptors (Lipinski definition) is 2. The van der Waals surface area contributed by atoms with Crippen molar-refractivity contribution in [2.45, 2.75) is 26.7 Å². The van der Waals surface area contributed by atoms with E-state index < -0.39 is 0 Å². The van der Waals surface area contributed by atoms with E-state index in [1.807, 2.05) is 17.7 Å². The van der Waals surface area contributed by atoms with E-state index in [1.54, 1.807) is 0 Å². The summed E-state index contributed by atoms with van der Waals surface area (Å²) in [6.07, 6.45) is 4.14. The van der Waals surface area contributed by atoms with Gasteiger partial charge in [-0.15, -0.1) is 0 Å². The fourth-order valence-electron chi connectivity index (χ4n) is 2.44. The van der Waals surface area contributed by atoms with E-state index >= 15 is 0 Å². The fraction of sp³-hybridized carbons (Fsp3) is 0.250. The minimum Gasteiger partial charge on any atom is -0.329 e. The number of pyridine rings is 1. The van der Waals surface area contributed by atoms with Crippen LogP contribution in [0.3, 0.4) is 0 Å². The first kappa shape index (κ1) is 13.1. The quantitative estimate of drug-likeness (QED) is 0.725. The molecule has 3 aromatic rings. The second-order valence-corrected chi connectivity index (χ2v) is 5.45. The summed E-state index contributed by atoms with van der Waals surface area (Å²) in [7, 11) is 0. The lowest BCUT2D eigenvalue weighted by atomic mass is 10.1. The molecule has 1 N–H and O–H groups in total. The molecule has 0 saturated heterocycles. The van der Waals surface area contributed by atoms with Crippen molar-refractivity contribution in [3.63, 3.8) is 0 Å². The highest BCUT2D eigenvalue weighted by Crippen LogP contribution is 2.19. The van der Waals surface area contributed by atoms with E-state index in [0.717, 1.165) is 35.3 Å². The third-order valence-corrected chi connectivity index (χ3v) is 3.68. The zero-order valence-electron chi connectivity index (χ0n) is 11.7. The molecule has 102 valence electrons. The van der Waals surface area contributed by atoms with Crippen molar-refractivity contribution in [2.75, 3.05) is 0 Å². The molecule has 0 atom stereocenters. The molecule has 0 unspecified atom stereocenters. The van der Waals surface area contributed by atoms with Gasteiger partial charge in [-0.3, -0.25) is 4.57 Å². The zero-order valence-corrected chi connectivity index (χ0v) is 12.5. The second-order valence-electron chi connectivity index (χ2n) is 5.07. The Morgan fingerprint density at radius 1 is 1.25 bits per heavy atom. The number of H-pyrrole nitrogens is 1. The van der Waals surface area contributed by atoms with Gasteiger partial charge in [0, 0.05) is 11.9 Å². The highest BCUT2D eigenvalue weighted by atomic mass is 32.1. The average Bonchev–Trinajstić information content (AvgIpc) is 2.75. The van der Waals surface area contributed by atoms with E-state index in [0.29, 0.717) is 4.77 Å². The standard InChI is InChI=1S/C16H17N3S/c1-3-4-12-5-7-13(8-6-12)19-15-14(18-16(19)20)9-11(2)10-17-15/h5-10H,3-4H2,1-2H3,(H,18,20). The third-order valence-electron chi connectivity index (χ3n) is 3.39. The van der Waals surface area contributed by atoms with Gasteiger partial charge in [-0.05, 0) is 54.9 Å². The van der Waals surface area contributed by atoms with Crippen LogP contribution in [0.4, 0.5) is 0 Å². The average molecular weight is 283 g/mol. The Bertz CT molecular complexity index is 797. The molecule has 3 rings (SSSR count). The number of fused-ring (bicyclic) bond motifs is 1.